The van der Waals surface area contributed by atoms with Gasteiger partial charge in [-0.15, -0.1) is 0 Å². The van der Waals surface area contributed by atoms with Crippen molar-refractivity contribution in [1.82, 2.24) is 0 Å². The summed E-state index contributed by atoms with van der Waals surface area (Å²) in [5, 5.41) is 10.7. The maximum atomic E-state index is 11.9. The topological polar surface area (TPSA) is 95.7 Å². The van der Waals surface area contributed by atoms with Crippen LogP contribution in [-0.2, 0) is 16.1 Å². The Morgan fingerprint density at radius 3 is 2.29 bits per heavy atom. The minimum atomic E-state index is -0.659. The summed E-state index contributed by atoms with van der Waals surface area (Å²) in [5.74, 6) is -1.08. The molecule has 0 radical (unpaired) electrons. The molecule has 2 rings (SSSR count). The van der Waals surface area contributed by atoms with Gasteiger partial charge >= 0.3 is 11.9 Å². The van der Waals surface area contributed by atoms with E-state index in [-0.39, 0.29) is 17.9 Å². The van der Waals surface area contributed by atoms with Crippen LogP contribution < -0.4 is 0 Å². The summed E-state index contributed by atoms with van der Waals surface area (Å²) in [6.07, 6.45) is 0. The molecule has 0 saturated carbocycles. The average molecular weight is 329 g/mol. The lowest BCUT2D eigenvalue weighted by Gasteiger charge is -2.06. The molecule has 7 heteroatoms. The van der Waals surface area contributed by atoms with E-state index >= 15 is 0 Å². The van der Waals surface area contributed by atoms with Gasteiger partial charge in [-0.2, -0.15) is 0 Å². The molecule has 0 N–H and O–H groups in total. The summed E-state index contributed by atoms with van der Waals surface area (Å²) in [5.41, 5.74) is 1.02. The Morgan fingerprint density at radius 1 is 1.00 bits per heavy atom. The first-order valence-corrected chi connectivity index (χ1v) is 7.19. The summed E-state index contributed by atoms with van der Waals surface area (Å²) < 4.78 is 9.99. The summed E-state index contributed by atoms with van der Waals surface area (Å²) in [6.45, 7) is 2.01. The fraction of sp³-hybridized carbons (Fsp3) is 0.176. The van der Waals surface area contributed by atoms with E-state index in [0.717, 1.165) is 6.07 Å². The molecule has 2 aromatic rings. The Bertz CT molecular complexity index is 754. The fourth-order valence-electron chi connectivity index (χ4n) is 1.93. The van der Waals surface area contributed by atoms with Crippen molar-refractivity contribution in [1.29, 1.82) is 0 Å². The van der Waals surface area contributed by atoms with Crippen molar-refractivity contribution in [3.8, 4) is 0 Å². The Morgan fingerprint density at radius 2 is 1.67 bits per heavy atom. The third-order valence-corrected chi connectivity index (χ3v) is 3.13. The van der Waals surface area contributed by atoms with E-state index in [1.54, 1.807) is 31.2 Å². The maximum absolute atomic E-state index is 11.9. The van der Waals surface area contributed by atoms with Gasteiger partial charge in [0.05, 0.1) is 22.7 Å². The Labute approximate surface area is 138 Å². The van der Waals surface area contributed by atoms with Gasteiger partial charge in [-0.1, -0.05) is 18.2 Å². The molecule has 0 aliphatic rings. The molecule has 7 nitrogen and oxygen atoms in total. The van der Waals surface area contributed by atoms with Crippen LogP contribution in [0.4, 0.5) is 5.69 Å². The van der Waals surface area contributed by atoms with E-state index < -0.39 is 16.9 Å². The molecule has 0 heterocycles. The number of nitro benzene ring substituents is 1. The molecule has 0 spiro atoms. The van der Waals surface area contributed by atoms with Gasteiger partial charge in [-0.25, -0.2) is 9.59 Å². The number of nitrogens with zero attached hydrogens (tertiary/aromatic N) is 1. The fourth-order valence-corrected chi connectivity index (χ4v) is 1.93. The van der Waals surface area contributed by atoms with E-state index in [4.69, 9.17) is 9.47 Å². The van der Waals surface area contributed by atoms with Crippen molar-refractivity contribution in [3.05, 3.63) is 75.3 Å². The number of rotatable bonds is 6. The van der Waals surface area contributed by atoms with E-state index in [1.807, 2.05) is 0 Å². The largest absolute Gasteiger partial charge is 0.462 e. The lowest BCUT2D eigenvalue weighted by molar-refractivity contribution is -0.384. The zero-order chi connectivity index (χ0) is 17.5. The van der Waals surface area contributed by atoms with E-state index in [2.05, 4.69) is 0 Å². The monoisotopic (exact) mass is 329 g/mol. The van der Waals surface area contributed by atoms with Gasteiger partial charge < -0.3 is 9.47 Å². The first kappa shape index (κ1) is 17.1. The average Bonchev–Trinajstić information content (AvgIpc) is 2.60. The number of non-ortho nitro benzene ring substituents is 1. The van der Waals surface area contributed by atoms with Gasteiger partial charge in [-0.05, 0) is 30.7 Å². The van der Waals surface area contributed by atoms with Crippen molar-refractivity contribution >= 4 is 17.6 Å². The van der Waals surface area contributed by atoms with Crippen molar-refractivity contribution in [3.63, 3.8) is 0 Å². The zero-order valence-electron chi connectivity index (χ0n) is 12.9. The second kappa shape index (κ2) is 7.87. The standard InChI is InChI=1S/C17H15NO6/c1-2-23-16(19)13-8-6-12(7-9-13)11-24-17(20)14-4-3-5-15(10-14)18(21)22/h3-10H,2,11H2,1H3. The zero-order valence-corrected chi connectivity index (χ0v) is 12.9. The van der Waals surface area contributed by atoms with Crippen LogP contribution in [-0.4, -0.2) is 23.5 Å². The number of benzene rings is 2. The molecule has 0 aliphatic heterocycles. The number of hydrogen-bond acceptors (Lipinski definition) is 6. The first-order valence-electron chi connectivity index (χ1n) is 7.19. The molecule has 0 bridgehead atoms. The molecular weight excluding hydrogens is 314 g/mol. The van der Waals surface area contributed by atoms with Crippen LogP contribution in [0.5, 0.6) is 0 Å². The molecule has 24 heavy (non-hydrogen) atoms. The Hall–Kier alpha value is -3.22. The van der Waals surface area contributed by atoms with Crippen LogP contribution in [0.3, 0.4) is 0 Å². The van der Waals surface area contributed by atoms with Gasteiger partial charge in [0, 0.05) is 12.1 Å². The van der Waals surface area contributed by atoms with Crippen molar-refractivity contribution in [2.24, 2.45) is 0 Å². The van der Waals surface area contributed by atoms with Crippen LogP contribution in [0, 0.1) is 10.1 Å². The lowest BCUT2D eigenvalue weighted by Crippen LogP contribution is -2.07. The molecule has 0 aromatic heterocycles. The van der Waals surface area contributed by atoms with Crippen molar-refractivity contribution < 1.29 is 24.0 Å². The lowest BCUT2D eigenvalue weighted by atomic mass is 10.1. The van der Waals surface area contributed by atoms with Gasteiger partial charge in [-0.3, -0.25) is 10.1 Å². The van der Waals surface area contributed by atoms with Crippen LogP contribution in [0.25, 0.3) is 0 Å². The molecule has 0 atom stereocenters. The number of nitro groups is 1. The number of carbonyl (C=O) groups excluding carboxylic acids is 2. The summed E-state index contributed by atoms with van der Waals surface area (Å²) >= 11 is 0. The third kappa shape index (κ3) is 4.39. The molecule has 124 valence electrons. The van der Waals surface area contributed by atoms with Gasteiger partial charge in [0.2, 0.25) is 0 Å². The van der Waals surface area contributed by atoms with E-state index in [0.29, 0.717) is 17.7 Å². The minimum Gasteiger partial charge on any atom is -0.462 e. The Kier molecular flexibility index (Phi) is 5.62. The molecule has 0 unspecified atom stereocenters. The van der Waals surface area contributed by atoms with Gasteiger partial charge in [0.15, 0.2) is 0 Å². The highest BCUT2D eigenvalue weighted by molar-refractivity contribution is 5.90. The molecule has 0 saturated heterocycles. The van der Waals surface area contributed by atoms with Crippen molar-refractivity contribution in [2.45, 2.75) is 13.5 Å². The minimum absolute atomic E-state index is 0.00930. The van der Waals surface area contributed by atoms with Gasteiger partial charge in [0.25, 0.3) is 5.69 Å². The second-order valence-electron chi connectivity index (χ2n) is 4.80. The summed E-state index contributed by atoms with van der Waals surface area (Å²) in [7, 11) is 0. The van der Waals surface area contributed by atoms with Crippen LogP contribution >= 0.6 is 0 Å². The SMILES string of the molecule is CCOC(=O)c1ccc(COC(=O)c2cccc([N+](=O)[O-])c2)cc1. The highest BCUT2D eigenvalue weighted by Crippen LogP contribution is 2.15. The molecule has 2 aromatic carbocycles. The van der Waals surface area contributed by atoms with Gasteiger partial charge in [0.1, 0.15) is 6.61 Å². The number of hydrogen-bond donors (Lipinski definition) is 0. The highest BCUT2D eigenvalue weighted by Gasteiger charge is 2.13. The summed E-state index contributed by atoms with van der Waals surface area (Å²) in [6, 6.07) is 11.8. The smallest absolute Gasteiger partial charge is 0.338 e. The van der Waals surface area contributed by atoms with Crippen molar-refractivity contribution in [2.75, 3.05) is 6.61 Å². The van der Waals surface area contributed by atoms with Crippen LogP contribution in [0.15, 0.2) is 48.5 Å². The predicted octanol–water partition coefficient (Wildman–Crippen LogP) is 3.13. The predicted molar refractivity (Wildman–Crippen MR) is 84.6 cm³/mol. The van der Waals surface area contributed by atoms with Crippen LogP contribution in [0.1, 0.15) is 33.2 Å². The quantitative estimate of drug-likeness (QED) is 0.459. The second-order valence-corrected chi connectivity index (χ2v) is 4.80. The number of carbonyl (C=O) groups is 2. The molecule has 0 aliphatic carbocycles. The normalized spacial score (nSPS) is 10.0. The molecule has 0 amide bonds. The third-order valence-electron chi connectivity index (χ3n) is 3.13. The number of esters is 2. The molecular formula is C17H15NO6. The maximum Gasteiger partial charge on any atom is 0.338 e. The Balaban J connectivity index is 1.98. The first-order chi connectivity index (χ1) is 11.5. The highest BCUT2D eigenvalue weighted by atomic mass is 16.6. The summed E-state index contributed by atoms with van der Waals surface area (Å²) in [4.78, 5) is 33.6. The van der Waals surface area contributed by atoms with E-state index in [9.17, 15) is 19.7 Å². The van der Waals surface area contributed by atoms with E-state index in [1.165, 1.54) is 18.2 Å². The number of ether oxygens (including phenoxy) is 2. The molecule has 0 fully saturated rings. The van der Waals surface area contributed by atoms with Crippen LogP contribution in [0.2, 0.25) is 0 Å².